The predicted molar refractivity (Wildman–Crippen MR) is 68.8 cm³/mol. The van der Waals surface area contributed by atoms with Gasteiger partial charge in [-0.25, -0.2) is 13.7 Å². The van der Waals surface area contributed by atoms with Crippen molar-refractivity contribution in [3.63, 3.8) is 0 Å². The standard InChI is InChI=1S/C13H11N3OS/c1-10-9-16-12(14-10)7-8-13(15-16)18(17)11-5-3-2-4-6-11/h2-9H,1H3. The van der Waals surface area contributed by atoms with Gasteiger partial charge in [0.25, 0.3) is 0 Å². The monoisotopic (exact) mass is 257 g/mol. The predicted octanol–water partition coefficient (Wildman–Crippen LogP) is 2.20. The van der Waals surface area contributed by atoms with Crippen molar-refractivity contribution in [1.82, 2.24) is 14.6 Å². The molecule has 1 unspecified atom stereocenters. The molecular formula is C13H11N3OS. The van der Waals surface area contributed by atoms with Crippen molar-refractivity contribution in [2.75, 3.05) is 0 Å². The van der Waals surface area contributed by atoms with Gasteiger partial charge in [-0.3, -0.25) is 0 Å². The number of rotatable bonds is 2. The molecule has 0 aliphatic rings. The maximum atomic E-state index is 12.3. The Morgan fingerprint density at radius 3 is 2.67 bits per heavy atom. The van der Waals surface area contributed by atoms with E-state index in [9.17, 15) is 4.21 Å². The van der Waals surface area contributed by atoms with Crippen LogP contribution in [-0.2, 0) is 10.8 Å². The Balaban J connectivity index is 2.06. The third-order valence-electron chi connectivity index (χ3n) is 2.56. The van der Waals surface area contributed by atoms with Gasteiger partial charge in [0.1, 0.15) is 10.8 Å². The van der Waals surface area contributed by atoms with Crippen molar-refractivity contribution >= 4 is 16.4 Å². The fraction of sp³-hybridized carbons (Fsp3) is 0.0769. The SMILES string of the molecule is Cc1cn2nc(S(=O)c3ccccc3)ccc2n1. The van der Waals surface area contributed by atoms with E-state index < -0.39 is 10.8 Å². The van der Waals surface area contributed by atoms with Gasteiger partial charge in [-0.05, 0) is 31.2 Å². The molecule has 0 spiro atoms. The number of fused-ring (bicyclic) bond motifs is 1. The van der Waals surface area contributed by atoms with E-state index in [1.165, 1.54) is 0 Å². The second-order valence-electron chi connectivity index (χ2n) is 3.94. The van der Waals surface area contributed by atoms with Gasteiger partial charge in [-0.2, -0.15) is 5.10 Å². The Morgan fingerprint density at radius 1 is 1.11 bits per heavy atom. The van der Waals surface area contributed by atoms with Crippen molar-refractivity contribution in [3.05, 3.63) is 54.4 Å². The zero-order valence-corrected chi connectivity index (χ0v) is 10.6. The third kappa shape index (κ3) is 1.93. The summed E-state index contributed by atoms with van der Waals surface area (Å²) in [5, 5.41) is 4.86. The lowest BCUT2D eigenvalue weighted by atomic mass is 10.4. The average molecular weight is 257 g/mol. The molecule has 2 aromatic heterocycles. The maximum absolute atomic E-state index is 12.3. The molecule has 90 valence electrons. The van der Waals surface area contributed by atoms with Crippen LogP contribution in [0.2, 0.25) is 0 Å². The normalized spacial score (nSPS) is 12.7. The molecule has 0 aliphatic carbocycles. The van der Waals surface area contributed by atoms with Gasteiger partial charge in [0.15, 0.2) is 10.7 Å². The van der Waals surface area contributed by atoms with E-state index in [-0.39, 0.29) is 0 Å². The summed E-state index contributed by atoms with van der Waals surface area (Å²) in [6.45, 7) is 1.91. The zero-order chi connectivity index (χ0) is 12.5. The molecule has 0 saturated carbocycles. The summed E-state index contributed by atoms with van der Waals surface area (Å²) in [7, 11) is -1.25. The number of hydrogen-bond donors (Lipinski definition) is 0. The van der Waals surface area contributed by atoms with Crippen LogP contribution in [0.25, 0.3) is 5.65 Å². The Hall–Kier alpha value is -2.01. The highest BCUT2D eigenvalue weighted by molar-refractivity contribution is 7.85. The van der Waals surface area contributed by atoms with Crippen LogP contribution in [0.15, 0.2) is 58.6 Å². The fourth-order valence-electron chi connectivity index (χ4n) is 1.75. The van der Waals surface area contributed by atoms with E-state index in [1.807, 2.05) is 49.5 Å². The molecule has 1 atom stereocenters. The highest BCUT2D eigenvalue weighted by Crippen LogP contribution is 2.14. The smallest absolute Gasteiger partial charge is 0.153 e. The van der Waals surface area contributed by atoms with Gasteiger partial charge in [0.05, 0.1) is 11.9 Å². The number of benzene rings is 1. The fourth-order valence-corrected chi connectivity index (χ4v) is 2.75. The first-order chi connectivity index (χ1) is 8.74. The summed E-state index contributed by atoms with van der Waals surface area (Å²) < 4.78 is 14.0. The largest absolute Gasteiger partial charge is 0.247 e. The van der Waals surface area contributed by atoms with Crippen LogP contribution in [0.1, 0.15) is 5.69 Å². The van der Waals surface area contributed by atoms with Crippen LogP contribution in [0.4, 0.5) is 0 Å². The Morgan fingerprint density at radius 2 is 1.89 bits per heavy atom. The van der Waals surface area contributed by atoms with Crippen molar-refractivity contribution in [3.8, 4) is 0 Å². The van der Waals surface area contributed by atoms with Crippen molar-refractivity contribution in [2.45, 2.75) is 16.8 Å². The van der Waals surface area contributed by atoms with Gasteiger partial charge in [0.2, 0.25) is 0 Å². The molecule has 0 bridgehead atoms. The summed E-state index contributed by atoms with van der Waals surface area (Å²) >= 11 is 0. The molecule has 2 heterocycles. The molecule has 4 nitrogen and oxygen atoms in total. The summed E-state index contributed by atoms with van der Waals surface area (Å²) in [5.41, 5.74) is 1.66. The highest BCUT2D eigenvalue weighted by Gasteiger charge is 2.09. The van der Waals surface area contributed by atoms with Crippen LogP contribution in [0.5, 0.6) is 0 Å². The third-order valence-corrected chi connectivity index (χ3v) is 3.86. The number of aryl methyl sites for hydroxylation is 1. The molecule has 0 saturated heterocycles. The molecule has 0 N–H and O–H groups in total. The summed E-state index contributed by atoms with van der Waals surface area (Å²) in [4.78, 5) is 5.04. The molecule has 0 fully saturated rings. The van der Waals surface area contributed by atoms with Gasteiger partial charge in [-0.1, -0.05) is 18.2 Å². The maximum Gasteiger partial charge on any atom is 0.153 e. The van der Waals surface area contributed by atoms with E-state index in [0.29, 0.717) is 5.03 Å². The molecule has 3 rings (SSSR count). The molecule has 5 heteroatoms. The molecular weight excluding hydrogens is 246 g/mol. The molecule has 0 amide bonds. The first-order valence-corrected chi connectivity index (χ1v) is 6.69. The molecule has 3 aromatic rings. The number of hydrogen-bond acceptors (Lipinski definition) is 3. The highest BCUT2D eigenvalue weighted by atomic mass is 32.2. The van der Waals surface area contributed by atoms with Crippen molar-refractivity contribution in [2.24, 2.45) is 0 Å². The van der Waals surface area contributed by atoms with Crippen molar-refractivity contribution < 1.29 is 4.21 Å². The molecule has 18 heavy (non-hydrogen) atoms. The van der Waals surface area contributed by atoms with E-state index in [2.05, 4.69) is 10.1 Å². The number of imidazole rings is 1. The van der Waals surface area contributed by atoms with Crippen LogP contribution in [0, 0.1) is 6.92 Å². The topological polar surface area (TPSA) is 47.3 Å². The molecule has 1 aromatic carbocycles. The molecule has 0 aliphatic heterocycles. The average Bonchev–Trinajstić information content (AvgIpc) is 2.78. The quantitative estimate of drug-likeness (QED) is 0.707. The van der Waals surface area contributed by atoms with Gasteiger partial charge < -0.3 is 0 Å². The lowest BCUT2D eigenvalue weighted by molar-refractivity contribution is 0.676. The zero-order valence-electron chi connectivity index (χ0n) is 9.78. The minimum Gasteiger partial charge on any atom is -0.247 e. The first-order valence-electron chi connectivity index (χ1n) is 5.54. The summed E-state index contributed by atoms with van der Waals surface area (Å²) in [5.74, 6) is 0. The van der Waals surface area contributed by atoms with E-state index in [0.717, 1.165) is 16.2 Å². The number of aromatic nitrogens is 3. The van der Waals surface area contributed by atoms with Crippen LogP contribution in [0.3, 0.4) is 0 Å². The van der Waals surface area contributed by atoms with E-state index >= 15 is 0 Å². The van der Waals surface area contributed by atoms with Gasteiger partial charge >= 0.3 is 0 Å². The van der Waals surface area contributed by atoms with E-state index in [1.54, 1.807) is 10.6 Å². The van der Waals surface area contributed by atoms with Crippen LogP contribution >= 0.6 is 0 Å². The lowest BCUT2D eigenvalue weighted by Gasteiger charge is -2.01. The van der Waals surface area contributed by atoms with Crippen LogP contribution < -0.4 is 0 Å². The lowest BCUT2D eigenvalue weighted by Crippen LogP contribution is -2.00. The Kier molecular flexibility index (Phi) is 2.68. The first kappa shape index (κ1) is 11.1. The second kappa shape index (κ2) is 4.34. The minimum absolute atomic E-state index is 0.533. The summed E-state index contributed by atoms with van der Waals surface area (Å²) in [6, 6.07) is 12.9. The summed E-state index contributed by atoms with van der Waals surface area (Å²) in [6.07, 6.45) is 1.82. The second-order valence-corrected chi connectivity index (χ2v) is 5.37. The van der Waals surface area contributed by atoms with Crippen LogP contribution in [-0.4, -0.2) is 18.8 Å². The van der Waals surface area contributed by atoms with E-state index in [4.69, 9.17) is 0 Å². The minimum atomic E-state index is -1.25. The van der Waals surface area contributed by atoms with Crippen molar-refractivity contribution in [1.29, 1.82) is 0 Å². The Bertz CT molecular complexity index is 721. The Labute approximate surface area is 107 Å². The number of nitrogens with zero attached hydrogens (tertiary/aromatic N) is 3. The van der Waals surface area contributed by atoms with Gasteiger partial charge in [0, 0.05) is 4.90 Å². The molecule has 0 radical (unpaired) electrons. The van der Waals surface area contributed by atoms with Gasteiger partial charge in [-0.15, -0.1) is 0 Å².